The van der Waals surface area contributed by atoms with Crippen molar-refractivity contribution < 1.29 is 9.90 Å². The smallest absolute Gasteiger partial charge is 0.328 e. The lowest BCUT2D eigenvalue weighted by molar-refractivity contribution is -0.131. The van der Waals surface area contributed by atoms with Gasteiger partial charge in [-0.2, -0.15) is 0 Å². The summed E-state index contributed by atoms with van der Waals surface area (Å²) in [7, 11) is 0. The predicted molar refractivity (Wildman–Crippen MR) is 78.1 cm³/mol. The number of aliphatic carboxylic acids is 1. The lowest BCUT2D eigenvalue weighted by atomic mass is 10.0. The lowest BCUT2D eigenvalue weighted by Gasteiger charge is -2.03. The summed E-state index contributed by atoms with van der Waals surface area (Å²) < 4.78 is 0. The maximum absolute atomic E-state index is 10.5. The third-order valence-corrected chi connectivity index (χ3v) is 3.15. The molecule has 0 aliphatic rings. The van der Waals surface area contributed by atoms with Crippen LogP contribution in [0.1, 0.15) is 5.56 Å². The molecular formula is C17H12O2. The van der Waals surface area contributed by atoms with Crippen LogP contribution in [0.5, 0.6) is 0 Å². The highest BCUT2D eigenvalue weighted by Crippen LogP contribution is 2.24. The number of fused-ring (bicyclic) bond motifs is 2. The molecule has 3 aromatic rings. The molecule has 0 spiro atoms. The first-order valence-corrected chi connectivity index (χ1v) is 6.06. The summed E-state index contributed by atoms with van der Waals surface area (Å²) in [4.78, 5) is 10.5. The van der Waals surface area contributed by atoms with Crippen molar-refractivity contribution in [3.8, 4) is 0 Å². The largest absolute Gasteiger partial charge is 0.478 e. The van der Waals surface area contributed by atoms with Crippen molar-refractivity contribution in [2.75, 3.05) is 0 Å². The predicted octanol–water partition coefficient (Wildman–Crippen LogP) is 4.09. The van der Waals surface area contributed by atoms with Crippen LogP contribution in [0, 0.1) is 0 Å². The van der Waals surface area contributed by atoms with Gasteiger partial charge >= 0.3 is 5.97 Å². The van der Waals surface area contributed by atoms with Gasteiger partial charge in [0.1, 0.15) is 0 Å². The number of hydrogen-bond acceptors (Lipinski definition) is 1. The number of hydrogen-bond donors (Lipinski definition) is 1. The first kappa shape index (κ1) is 11.5. The van der Waals surface area contributed by atoms with Gasteiger partial charge in [0.15, 0.2) is 0 Å². The van der Waals surface area contributed by atoms with Crippen LogP contribution in [-0.2, 0) is 4.79 Å². The second kappa shape index (κ2) is 4.58. The molecule has 0 heterocycles. The highest BCUT2D eigenvalue weighted by Gasteiger charge is 1.98. The molecule has 0 atom stereocenters. The SMILES string of the molecule is O=C(O)/C=C/c1ccc2cc3ccccc3cc2c1. The summed E-state index contributed by atoms with van der Waals surface area (Å²) in [6.45, 7) is 0. The Kier molecular flexibility index (Phi) is 2.76. The summed E-state index contributed by atoms with van der Waals surface area (Å²) in [5, 5.41) is 13.3. The van der Waals surface area contributed by atoms with Crippen molar-refractivity contribution in [2.45, 2.75) is 0 Å². The first-order chi connectivity index (χ1) is 9.22. The average molecular weight is 248 g/mol. The van der Waals surface area contributed by atoms with Crippen molar-refractivity contribution in [3.63, 3.8) is 0 Å². The van der Waals surface area contributed by atoms with E-state index in [4.69, 9.17) is 5.11 Å². The van der Waals surface area contributed by atoms with E-state index in [0.717, 1.165) is 22.4 Å². The molecule has 0 aromatic heterocycles. The molecule has 0 radical (unpaired) electrons. The van der Waals surface area contributed by atoms with Gasteiger partial charge in [0.05, 0.1) is 0 Å². The standard InChI is InChI=1S/C17H12O2/c18-17(19)8-6-12-5-7-15-10-13-3-1-2-4-14(13)11-16(15)9-12/h1-11H,(H,18,19)/b8-6+. The van der Waals surface area contributed by atoms with E-state index in [1.54, 1.807) is 6.08 Å². The van der Waals surface area contributed by atoms with Crippen LogP contribution >= 0.6 is 0 Å². The Labute approximate surface area is 110 Å². The minimum Gasteiger partial charge on any atom is -0.478 e. The van der Waals surface area contributed by atoms with E-state index in [0.29, 0.717) is 0 Å². The molecule has 92 valence electrons. The summed E-state index contributed by atoms with van der Waals surface area (Å²) >= 11 is 0. The zero-order valence-corrected chi connectivity index (χ0v) is 10.2. The zero-order chi connectivity index (χ0) is 13.2. The Morgan fingerprint density at radius 3 is 2.16 bits per heavy atom. The first-order valence-electron chi connectivity index (χ1n) is 6.06. The Morgan fingerprint density at radius 1 is 0.842 bits per heavy atom. The van der Waals surface area contributed by atoms with E-state index in [1.807, 2.05) is 30.3 Å². The molecule has 0 fully saturated rings. The monoisotopic (exact) mass is 248 g/mol. The molecular weight excluding hydrogens is 236 g/mol. The van der Waals surface area contributed by atoms with Gasteiger partial charge in [-0.05, 0) is 51.4 Å². The molecule has 19 heavy (non-hydrogen) atoms. The highest BCUT2D eigenvalue weighted by atomic mass is 16.4. The molecule has 0 unspecified atom stereocenters. The van der Waals surface area contributed by atoms with Gasteiger partial charge < -0.3 is 5.11 Å². The van der Waals surface area contributed by atoms with Crippen LogP contribution in [0.2, 0.25) is 0 Å². The van der Waals surface area contributed by atoms with Crippen LogP contribution in [0.4, 0.5) is 0 Å². The van der Waals surface area contributed by atoms with Gasteiger partial charge in [-0.15, -0.1) is 0 Å². The van der Waals surface area contributed by atoms with E-state index in [1.165, 1.54) is 10.8 Å². The van der Waals surface area contributed by atoms with Crippen LogP contribution in [0.15, 0.2) is 60.7 Å². The lowest BCUT2D eigenvalue weighted by Crippen LogP contribution is -1.85. The molecule has 0 bridgehead atoms. The molecule has 0 amide bonds. The van der Waals surface area contributed by atoms with Crippen molar-refractivity contribution >= 4 is 33.6 Å². The molecule has 2 heteroatoms. The van der Waals surface area contributed by atoms with Gasteiger partial charge in [0, 0.05) is 6.08 Å². The Bertz CT molecular complexity index is 801. The van der Waals surface area contributed by atoms with Crippen LogP contribution in [-0.4, -0.2) is 11.1 Å². The van der Waals surface area contributed by atoms with Gasteiger partial charge in [-0.25, -0.2) is 4.79 Å². The van der Waals surface area contributed by atoms with Gasteiger partial charge in [0.25, 0.3) is 0 Å². The number of carbonyl (C=O) groups is 1. The molecule has 0 saturated carbocycles. The van der Waals surface area contributed by atoms with Crippen molar-refractivity contribution in [3.05, 3.63) is 66.2 Å². The second-order valence-electron chi connectivity index (χ2n) is 4.48. The molecule has 3 aromatic carbocycles. The third kappa shape index (κ3) is 2.33. The Morgan fingerprint density at radius 2 is 1.47 bits per heavy atom. The fourth-order valence-corrected chi connectivity index (χ4v) is 2.23. The van der Waals surface area contributed by atoms with Gasteiger partial charge in [0.2, 0.25) is 0 Å². The van der Waals surface area contributed by atoms with Gasteiger partial charge in [-0.1, -0.05) is 36.4 Å². The van der Waals surface area contributed by atoms with E-state index in [9.17, 15) is 4.79 Å². The Hall–Kier alpha value is -2.61. The number of carboxylic acid groups (broad SMARTS) is 1. The van der Waals surface area contributed by atoms with E-state index in [2.05, 4.69) is 24.3 Å². The topological polar surface area (TPSA) is 37.3 Å². The number of benzene rings is 3. The fourth-order valence-electron chi connectivity index (χ4n) is 2.23. The minimum absolute atomic E-state index is 0.894. The normalized spacial score (nSPS) is 11.4. The second-order valence-corrected chi connectivity index (χ2v) is 4.48. The van der Waals surface area contributed by atoms with Crippen molar-refractivity contribution in [2.24, 2.45) is 0 Å². The molecule has 0 aliphatic heterocycles. The van der Waals surface area contributed by atoms with Crippen LogP contribution in [0.25, 0.3) is 27.6 Å². The van der Waals surface area contributed by atoms with E-state index < -0.39 is 5.97 Å². The minimum atomic E-state index is -0.932. The number of carboxylic acids is 1. The van der Waals surface area contributed by atoms with E-state index in [-0.39, 0.29) is 0 Å². The number of rotatable bonds is 2. The quantitative estimate of drug-likeness (QED) is 0.548. The molecule has 1 N–H and O–H groups in total. The zero-order valence-electron chi connectivity index (χ0n) is 10.2. The maximum atomic E-state index is 10.5. The molecule has 0 aliphatic carbocycles. The van der Waals surface area contributed by atoms with Crippen molar-refractivity contribution in [1.29, 1.82) is 0 Å². The van der Waals surface area contributed by atoms with Crippen molar-refractivity contribution in [1.82, 2.24) is 0 Å². The fraction of sp³-hybridized carbons (Fsp3) is 0. The molecule has 3 rings (SSSR count). The highest BCUT2D eigenvalue weighted by molar-refractivity contribution is 5.99. The molecule has 0 saturated heterocycles. The molecule has 2 nitrogen and oxygen atoms in total. The summed E-state index contributed by atoms with van der Waals surface area (Å²) in [6.07, 6.45) is 2.76. The summed E-state index contributed by atoms with van der Waals surface area (Å²) in [6, 6.07) is 18.4. The Balaban J connectivity index is 2.16. The maximum Gasteiger partial charge on any atom is 0.328 e. The van der Waals surface area contributed by atoms with E-state index >= 15 is 0 Å². The average Bonchev–Trinajstić information content (AvgIpc) is 2.42. The van der Waals surface area contributed by atoms with Gasteiger partial charge in [-0.3, -0.25) is 0 Å². The van der Waals surface area contributed by atoms with Crippen LogP contribution in [0.3, 0.4) is 0 Å². The third-order valence-electron chi connectivity index (χ3n) is 3.15. The summed E-state index contributed by atoms with van der Waals surface area (Å²) in [5.74, 6) is -0.932. The summed E-state index contributed by atoms with van der Waals surface area (Å²) in [5.41, 5.74) is 0.894. The van der Waals surface area contributed by atoms with Crippen LogP contribution < -0.4 is 0 Å².